The van der Waals surface area contributed by atoms with Crippen LogP contribution < -0.4 is 5.63 Å². The van der Waals surface area contributed by atoms with E-state index in [0.717, 1.165) is 36.0 Å². The van der Waals surface area contributed by atoms with Gasteiger partial charge in [-0.3, -0.25) is 9.69 Å². The second-order valence-corrected chi connectivity index (χ2v) is 8.33. The van der Waals surface area contributed by atoms with E-state index in [1.165, 1.54) is 5.56 Å². The van der Waals surface area contributed by atoms with Gasteiger partial charge in [-0.05, 0) is 61.2 Å². The van der Waals surface area contributed by atoms with Gasteiger partial charge in [0.1, 0.15) is 5.58 Å². The van der Waals surface area contributed by atoms with Crippen LogP contribution in [0.1, 0.15) is 33.5 Å². The van der Waals surface area contributed by atoms with Crippen LogP contribution in [0.3, 0.4) is 0 Å². The van der Waals surface area contributed by atoms with Gasteiger partial charge in [0.2, 0.25) is 0 Å². The number of hydrogen-bond acceptors (Lipinski definition) is 4. The topological polar surface area (TPSA) is 53.8 Å². The van der Waals surface area contributed by atoms with Crippen molar-refractivity contribution in [3.63, 3.8) is 0 Å². The summed E-state index contributed by atoms with van der Waals surface area (Å²) in [4.78, 5) is 29.1. The fraction of sp³-hybridized carbons (Fsp3) is 0.333. The number of rotatable bonds is 3. The Morgan fingerprint density at radius 3 is 2.60 bits per heavy atom. The summed E-state index contributed by atoms with van der Waals surface area (Å²) >= 11 is 6.21. The largest absolute Gasteiger partial charge is 0.423 e. The zero-order valence-corrected chi connectivity index (χ0v) is 18.0. The van der Waals surface area contributed by atoms with Gasteiger partial charge < -0.3 is 9.32 Å². The van der Waals surface area contributed by atoms with Gasteiger partial charge in [-0.2, -0.15) is 0 Å². The Hall–Kier alpha value is -2.63. The molecule has 6 heteroatoms. The number of amides is 1. The van der Waals surface area contributed by atoms with Crippen molar-refractivity contribution in [1.82, 2.24) is 9.80 Å². The highest BCUT2D eigenvalue weighted by atomic mass is 35.5. The molecule has 0 atom stereocenters. The first-order valence-electron chi connectivity index (χ1n) is 10.2. The fourth-order valence-electron chi connectivity index (χ4n) is 3.99. The van der Waals surface area contributed by atoms with Crippen molar-refractivity contribution in [2.45, 2.75) is 26.8 Å². The summed E-state index contributed by atoms with van der Waals surface area (Å²) in [5.74, 6) is -0.0284. The van der Waals surface area contributed by atoms with Gasteiger partial charge in [0, 0.05) is 44.2 Å². The minimum atomic E-state index is -0.328. The van der Waals surface area contributed by atoms with Crippen LogP contribution in [0.25, 0.3) is 11.0 Å². The fourth-order valence-corrected chi connectivity index (χ4v) is 4.21. The molecule has 1 fully saturated rings. The lowest BCUT2D eigenvalue weighted by Crippen LogP contribution is -2.35. The molecule has 0 N–H and O–H groups in total. The molecule has 0 bridgehead atoms. The molecule has 0 aliphatic carbocycles. The van der Waals surface area contributed by atoms with Crippen LogP contribution in [0.2, 0.25) is 5.02 Å². The first-order chi connectivity index (χ1) is 14.4. The zero-order valence-electron chi connectivity index (χ0n) is 17.3. The molecule has 2 aromatic carbocycles. The van der Waals surface area contributed by atoms with Crippen LogP contribution in [0.15, 0.2) is 51.7 Å². The van der Waals surface area contributed by atoms with Crippen LogP contribution in [-0.2, 0) is 6.54 Å². The molecule has 4 rings (SSSR count). The molecule has 1 aromatic heterocycles. The Morgan fingerprint density at radius 2 is 1.80 bits per heavy atom. The van der Waals surface area contributed by atoms with Crippen molar-refractivity contribution in [2.24, 2.45) is 0 Å². The summed E-state index contributed by atoms with van der Waals surface area (Å²) in [6.45, 7) is 7.65. The molecule has 1 amide bonds. The van der Waals surface area contributed by atoms with Crippen molar-refractivity contribution in [3.05, 3.63) is 80.2 Å². The van der Waals surface area contributed by atoms with E-state index in [2.05, 4.69) is 17.9 Å². The molecule has 2 heterocycles. The Kier molecular flexibility index (Phi) is 5.93. The number of benzene rings is 2. The van der Waals surface area contributed by atoms with Crippen LogP contribution in [0.4, 0.5) is 0 Å². The monoisotopic (exact) mass is 424 g/mol. The number of nitrogens with zero attached hydrogens (tertiary/aromatic N) is 2. The van der Waals surface area contributed by atoms with Crippen LogP contribution in [0, 0.1) is 13.8 Å². The molecule has 0 unspecified atom stereocenters. The van der Waals surface area contributed by atoms with Gasteiger partial charge in [0.25, 0.3) is 5.91 Å². The molecule has 30 heavy (non-hydrogen) atoms. The Bertz CT molecular complexity index is 1150. The van der Waals surface area contributed by atoms with Crippen LogP contribution in [0.5, 0.6) is 0 Å². The number of halogens is 1. The van der Waals surface area contributed by atoms with Gasteiger partial charge in [0.05, 0.1) is 10.6 Å². The van der Waals surface area contributed by atoms with E-state index < -0.39 is 0 Å². The lowest BCUT2D eigenvalue weighted by atomic mass is 10.0. The molecule has 0 radical (unpaired) electrons. The van der Waals surface area contributed by atoms with E-state index >= 15 is 0 Å². The van der Waals surface area contributed by atoms with Crippen LogP contribution >= 0.6 is 11.6 Å². The highest BCUT2D eigenvalue weighted by molar-refractivity contribution is 6.33. The third-order valence-corrected chi connectivity index (χ3v) is 6.15. The molecule has 1 saturated heterocycles. The Labute approximate surface area is 180 Å². The predicted molar refractivity (Wildman–Crippen MR) is 119 cm³/mol. The highest BCUT2D eigenvalue weighted by Crippen LogP contribution is 2.23. The minimum absolute atomic E-state index is 0.0284. The van der Waals surface area contributed by atoms with Gasteiger partial charge >= 0.3 is 5.63 Å². The van der Waals surface area contributed by atoms with Crippen molar-refractivity contribution in [3.8, 4) is 0 Å². The maximum Gasteiger partial charge on any atom is 0.336 e. The van der Waals surface area contributed by atoms with Gasteiger partial charge in [0.15, 0.2) is 0 Å². The molecule has 1 aliphatic heterocycles. The van der Waals surface area contributed by atoms with E-state index in [1.54, 1.807) is 18.2 Å². The summed E-state index contributed by atoms with van der Waals surface area (Å²) < 4.78 is 5.42. The number of hydrogen-bond donors (Lipinski definition) is 0. The molecule has 0 spiro atoms. The Morgan fingerprint density at radius 1 is 1.03 bits per heavy atom. The quantitative estimate of drug-likeness (QED) is 0.584. The zero-order chi connectivity index (χ0) is 21.3. The molecule has 156 valence electrons. The van der Waals surface area contributed by atoms with Crippen molar-refractivity contribution < 1.29 is 9.21 Å². The van der Waals surface area contributed by atoms with Crippen molar-refractivity contribution in [2.75, 3.05) is 26.2 Å². The number of fused-ring (bicyclic) bond motifs is 1. The van der Waals surface area contributed by atoms with Gasteiger partial charge in [-0.1, -0.05) is 23.7 Å². The Balaban J connectivity index is 1.52. The summed E-state index contributed by atoms with van der Waals surface area (Å²) in [7, 11) is 0. The average Bonchev–Trinajstić information content (AvgIpc) is 2.95. The van der Waals surface area contributed by atoms with E-state index in [4.69, 9.17) is 16.0 Å². The van der Waals surface area contributed by atoms with Gasteiger partial charge in [-0.15, -0.1) is 0 Å². The summed E-state index contributed by atoms with van der Waals surface area (Å²) in [6.07, 6.45) is 0.869. The molecule has 0 saturated carbocycles. The first kappa shape index (κ1) is 20.6. The second kappa shape index (κ2) is 8.62. The maximum atomic E-state index is 12.9. The number of aryl methyl sites for hydroxylation is 2. The highest BCUT2D eigenvalue weighted by Gasteiger charge is 2.22. The van der Waals surface area contributed by atoms with E-state index in [0.29, 0.717) is 35.8 Å². The smallest absolute Gasteiger partial charge is 0.336 e. The lowest BCUT2D eigenvalue weighted by molar-refractivity contribution is 0.0761. The third-order valence-electron chi connectivity index (χ3n) is 5.82. The maximum absolute atomic E-state index is 12.9. The van der Waals surface area contributed by atoms with Crippen LogP contribution in [-0.4, -0.2) is 41.9 Å². The second-order valence-electron chi connectivity index (χ2n) is 7.93. The summed E-state index contributed by atoms with van der Waals surface area (Å²) in [5, 5.41) is 1.46. The molecule has 3 aromatic rings. The summed E-state index contributed by atoms with van der Waals surface area (Å²) in [5.41, 5.74) is 4.09. The SMILES string of the molecule is Cc1cc2oc(=O)cc(CN3CCCN(C(=O)c4ccccc4Cl)CC3)c2cc1C. The molecule has 5 nitrogen and oxygen atoms in total. The molecular weight excluding hydrogens is 400 g/mol. The normalized spacial score (nSPS) is 15.4. The van der Waals surface area contributed by atoms with E-state index in [1.807, 2.05) is 30.0 Å². The van der Waals surface area contributed by atoms with Crippen molar-refractivity contribution in [1.29, 1.82) is 0 Å². The van der Waals surface area contributed by atoms with E-state index in [-0.39, 0.29) is 11.5 Å². The summed E-state index contributed by atoms with van der Waals surface area (Å²) in [6, 6.07) is 12.8. The van der Waals surface area contributed by atoms with Crippen molar-refractivity contribution >= 4 is 28.5 Å². The van der Waals surface area contributed by atoms with Gasteiger partial charge in [-0.25, -0.2) is 4.79 Å². The number of carbonyl (C=O) groups excluding carboxylic acids is 1. The predicted octanol–water partition coefficient (Wildman–Crippen LogP) is 4.41. The first-order valence-corrected chi connectivity index (χ1v) is 10.6. The average molecular weight is 425 g/mol. The molecule has 1 aliphatic rings. The lowest BCUT2D eigenvalue weighted by Gasteiger charge is -2.23. The number of carbonyl (C=O) groups is 1. The molecular formula is C24H25ClN2O3. The minimum Gasteiger partial charge on any atom is -0.423 e. The van der Waals surface area contributed by atoms with E-state index in [9.17, 15) is 9.59 Å². The standard InChI is InChI=1S/C24H25ClN2O3/c1-16-12-20-18(14-23(28)30-22(20)13-17(16)2)15-26-8-5-9-27(11-10-26)24(29)19-6-3-4-7-21(19)25/h3-4,6-7,12-14H,5,8-11,15H2,1-2H3. The third kappa shape index (κ3) is 4.27.